The second-order valence-electron chi connectivity index (χ2n) is 6.38. The molecule has 9 heteroatoms. The quantitative estimate of drug-likeness (QED) is 0.417. The Hall–Kier alpha value is -2.29. The number of hydrogen-bond acceptors (Lipinski definition) is 7. The summed E-state index contributed by atoms with van der Waals surface area (Å²) in [6.07, 6.45) is 0. The summed E-state index contributed by atoms with van der Waals surface area (Å²) in [5, 5.41) is 11.2. The van der Waals surface area contributed by atoms with Crippen LogP contribution in [0.25, 0.3) is 0 Å². The number of halogens is 1. The summed E-state index contributed by atoms with van der Waals surface area (Å²) in [4.78, 5) is 18.3. The van der Waals surface area contributed by atoms with E-state index in [-0.39, 0.29) is 12.0 Å². The van der Waals surface area contributed by atoms with Crippen molar-refractivity contribution in [1.29, 1.82) is 0 Å². The normalized spacial score (nSPS) is 15.8. The van der Waals surface area contributed by atoms with Gasteiger partial charge in [-0.1, -0.05) is 41.6 Å². The lowest BCUT2D eigenvalue weighted by Gasteiger charge is -2.26. The Balaban J connectivity index is 1.64. The van der Waals surface area contributed by atoms with Crippen LogP contribution in [-0.2, 0) is 15.3 Å². The molecule has 0 radical (unpaired) electrons. The van der Waals surface area contributed by atoms with Crippen molar-refractivity contribution in [2.45, 2.75) is 30.8 Å². The van der Waals surface area contributed by atoms with Crippen LogP contribution in [0.1, 0.15) is 30.3 Å². The van der Waals surface area contributed by atoms with Crippen molar-refractivity contribution in [2.75, 3.05) is 11.9 Å². The molecule has 1 unspecified atom stereocenters. The minimum Gasteiger partial charge on any atom is -0.463 e. The van der Waals surface area contributed by atoms with Crippen molar-refractivity contribution in [1.82, 2.24) is 14.8 Å². The van der Waals surface area contributed by atoms with Gasteiger partial charge in [-0.25, -0.2) is 9.48 Å². The maximum absolute atomic E-state index is 12.7. The Bertz CT molecular complexity index is 1050. The van der Waals surface area contributed by atoms with E-state index in [1.54, 1.807) is 22.9 Å². The average Bonchev–Trinajstić information content (AvgIpc) is 3.36. The summed E-state index contributed by atoms with van der Waals surface area (Å²) in [5.41, 5.74) is 2.42. The van der Waals surface area contributed by atoms with E-state index in [0.717, 1.165) is 21.9 Å². The standard InChI is InChI=1S/C20H19ClN4O2S2/c1-3-27-18(26)16-12(2)22-19-23-20(29-11-13-6-8-14(21)9-7-13)24-25(19)17(16)15-5-4-10-28-15/h4-10,17H,3,11H2,1-2H3,(H,22,23,24). The molecule has 0 bridgehead atoms. The molecule has 2 aromatic heterocycles. The summed E-state index contributed by atoms with van der Waals surface area (Å²) in [5.74, 6) is 1.00. The highest BCUT2D eigenvalue weighted by Gasteiger charge is 2.35. The number of fused-ring (bicyclic) bond motifs is 1. The average molecular weight is 447 g/mol. The number of benzene rings is 1. The number of nitrogens with zero attached hydrogens (tertiary/aromatic N) is 3. The van der Waals surface area contributed by atoms with Crippen LogP contribution < -0.4 is 5.32 Å². The predicted molar refractivity (Wildman–Crippen MR) is 116 cm³/mol. The summed E-state index contributed by atoms with van der Waals surface area (Å²) < 4.78 is 7.08. The molecule has 0 aliphatic carbocycles. The molecule has 1 atom stereocenters. The fourth-order valence-electron chi connectivity index (χ4n) is 3.10. The van der Waals surface area contributed by atoms with E-state index >= 15 is 0 Å². The molecule has 0 fully saturated rings. The van der Waals surface area contributed by atoms with Crippen LogP contribution in [0, 0.1) is 0 Å². The predicted octanol–water partition coefficient (Wildman–Crippen LogP) is 5.14. The number of allylic oxidation sites excluding steroid dienone is 1. The highest BCUT2D eigenvalue weighted by atomic mass is 35.5. The fourth-order valence-corrected chi connectivity index (χ4v) is 4.83. The third-order valence-electron chi connectivity index (χ3n) is 4.42. The third-order valence-corrected chi connectivity index (χ3v) is 6.51. The Kier molecular flexibility index (Phi) is 5.94. The Labute approximate surface area is 181 Å². The highest BCUT2D eigenvalue weighted by molar-refractivity contribution is 7.98. The molecule has 0 spiro atoms. The van der Waals surface area contributed by atoms with Crippen molar-refractivity contribution in [2.24, 2.45) is 0 Å². The van der Waals surface area contributed by atoms with E-state index in [9.17, 15) is 4.79 Å². The first-order valence-corrected chi connectivity index (χ1v) is 11.3. The number of anilines is 1. The van der Waals surface area contributed by atoms with E-state index in [2.05, 4.69) is 10.3 Å². The Morgan fingerprint density at radius 1 is 1.34 bits per heavy atom. The van der Waals surface area contributed by atoms with Crippen molar-refractivity contribution in [3.05, 3.63) is 68.5 Å². The number of aromatic nitrogens is 3. The maximum Gasteiger partial charge on any atom is 0.338 e. The van der Waals surface area contributed by atoms with E-state index < -0.39 is 0 Å². The molecule has 3 heterocycles. The molecule has 1 aromatic carbocycles. The number of carbonyl (C=O) groups excluding carboxylic acids is 1. The van der Waals surface area contributed by atoms with E-state index in [1.165, 1.54) is 11.8 Å². The molecule has 1 aliphatic heterocycles. The molecule has 150 valence electrons. The zero-order valence-corrected chi connectivity index (χ0v) is 18.3. The zero-order valence-electron chi connectivity index (χ0n) is 15.9. The Morgan fingerprint density at radius 2 is 2.14 bits per heavy atom. The van der Waals surface area contributed by atoms with Crippen LogP contribution in [0.15, 0.2) is 58.2 Å². The second-order valence-corrected chi connectivity index (χ2v) is 8.74. The number of ether oxygens (including phenoxy) is 1. The molecular formula is C20H19ClN4O2S2. The summed E-state index contributed by atoms with van der Waals surface area (Å²) in [6.45, 7) is 3.99. The fraction of sp³-hybridized carbons (Fsp3) is 0.250. The van der Waals surface area contributed by atoms with Gasteiger partial charge in [-0.2, -0.15) is 4.98 Å². The number of carbonyl (C=O) groups is 1. The highest BCUT2D eigenvalue weighted by Crippen LogP contribution is 2.38. The number of thiophene rings is 1. The molecule has 0 amide bonds. The smallest absolute Gasteiger partial charge is 0.338 e. The van der Waals surface area contributed by atoms with Crippen LogP contribution in [0.5, 0.6) is 0 Å². The van der Waals surface area contributed by atoms with Gasteiger partial charge in [0.2, 0.25) is 11.1 Å². The minimum absolute atomic E-state index is 0.319. The van der Waals surface area contributed by atoms with Crippen molar-refractivity contribution in [3.63, 3.8) is 0 Å². The van der Waals surface area contributed by atoms with Gasteiger partial charge in [-0.3, -0.25) is 0 Å². The van der Waals surface area contributed by atoms with Gasteiger partial charge in [0, 0.05) is 21.3 Å². The Morgan fingerprint density at radius 3 is 2.83 bits per heavy atom. The van der Waals surface area contributed by atoms with Crippen LogP contribution in [0.3, 0.4) is 0 Å². The van der Waals surface area contributed by atoms with E-state index in [4.69, 9.17) is 21.4 Å². The summed E-state index contributed by atoms with van der Waals surface area (Å²) in [7, 11) is 0. The van der Waals surface area contributed by atoms with E-state index in [0.29, 0.717) is 28.3 Å². The van der Waals surface area contributed by atoms with Gasteiger partial charge >= 0.3 is 5.97 Å². The SMILES string of the molecule is CCOC(=O)C1=C(C)Nc2nc(SCc3ccc(Cl)cc3)nn2C1c1cccs1. The summed E-state index contributed by atoms with van der Waals surface area (Å²) >= 11 is 9.07. The minimum atomic E-state index is -0.359. The van der Waals surface area contributed by atoms with Gasteiger partial charge in [0.15, 0.2) is 0 Å². The molecule has 1 aliphatic rings. The number of nitrogens with one attached hydrogen (secondary N) is 1. The third kappa shape index (κ3) is 4.19. The topological polar surface area (TPSA) is 69.0 Å². The lowest BCUT2D eigenvalue weighted by atomic mass is 10.0. The first-order chi connectivity index (χ1) is 14.1. The lowest BCUT2D eigenvalue weighted by molar-refractivity contribution is -0.139. The molecule has 0 saturated carbocycles. The van der Waals surface area contributed by atoms with Gasteiger partial charge in [-0.15, -0.1) is 16.4 Å². The van der Waals surface area contributed by atoms with Crippen molar-refractivity contribution < 1.29 is 9.53 Å². The van der Waals surface area contributed by atoms with Crippen LogP contribution in [0.2, 0.25) is 5.02 Å². The van der Waals surface area contributed by atoms with Gasteiger partial charge < -0.3 is 10.1 Å². The lowest BCUT2D eigenvalue weighted by Crippen LogP contribution is -2.29. The second kappa shape index (κ2) is 8.61. The van der Waals surface area contributed by atoms with Gasteiger partial charge in [0.1, 0.15) is 6.04 Å². The monoisotopic (exact) mass is 446 g/mol. The van der Waals surface area contributed by atoms with E-state index in [1.807, 2.05) is 48.7 Å². The number of thioether (sulfide) groups is 1. The summed E-state index contributed by atoms with van der Waals surface area (Å²) in [6, 6.07) is 11.3. The molecular weight excluding hydrogens is 428 g/mol. The van der Waals surface area contributed by atoms with Crippen molar-refractivity contribution in [3.8, 4) is 0 Å². The first-order valence-electron chi connectivity index (χ1n) is 9.09. The van der Waals surface area contributed by atoms with Crippen LogP contribution in [0.4, 0.5) is 5.95 Å². The molecule has 6 nitrogen and oxygen atoms in total. The number of esters is 1. The van der Waals surface area contributed by atoms with Crippen molar-refractivity contribution >= 4 is 46.6 Å². The van der Waals surface area contributed by atoms with Gasteiger partial charge in [0.05, 0.1) is 12.2 Å². The van der Waals surface area contributed by atoms with Crippen LogP contribution >= 0.6 is 34.7 Å². The molecule has 3 aromatic rings. The largest absolute Gasteiger partial charge is 0.463 e. The molecule has 1 N–H and O–H groups in total. The van der Waals surface area contributed by atoms with Gasteiger partial charge in [-0.05, 0) is 43.0 Å². The molecule has 0 saturated heterocycles. The van der Waals surface area contributed by atoms with Crippen LogP contribution in [-0.4, -0.2) is 27.3 Å². The number of hydrogen-bond donors (Lipinski definition) is 1. The number of rotatable bonds is 6. The zero-order chi connectivity index (χ0) is 20.4. The first kappa shape index (κ1) is 20.0. The van der Waals surface area contributed by atoms with Gasteiger partial charge in [0.25, 0.3) is 0 Å². The molecule has 4 rings (SSSR count). The molecule has 29 heavy (non-hydrogen) atoms. The maximum atomic E-state index is 12.7.